The number of aryl methyl sites for hydroxylation is 2. The third-order valence-corrected chi connectivity index (χ3v) is 15.8. The van der Waals surface area contributed by atoms with E-state index in [0.29, 0.717) is 51.8 Å². The molecule has 6 aromatic heterocycles. The fourth-order valence-electron chi connectivity index (χ4n) is 10.3. The molecule has 17 nitrogen and oxygen atoms in total. The van der Waals surface area contributed by atoms with E-state index < -0.39 is 11.8 Å². The largest absolute Gasteiger partial charge is 0.493 e. The summed E-state index contributed by atoms with van der Waals surface area (Å²) in [5.74, 6) is 2.91. The van der Waals surface area contributed by atoms with Crippen LogP contribution in [-0.4, -0.2) is 67.3 Å². The second-order valence-corrected chi connectivity index (χ2v) is 23.3. The number of pyridine rings is 5. The maximum absolute atomic E-state index is 12.8. The lowest BCUT2D eigenvalue weighted by atomic mass is 10.1. The molecule has 3 aromatic carbocycles. The number of oxazole rings is 1. The van der Waals surface area contributed by atoms with Crippen molar-refractivity contribution in [1.82, 2.24) is 34.4 Å². The smallest absolute Gasteiger partial charge is 0.309 e. The Kier molecular flexibility index (Phi) is 21.1. The minimum atomic E-state index is -0.994. The van der Waals surface area contributed by atoms with Gasteiger partial charge in [-0.2, -0.15) is 0 Å². The van der Waals surface area contributed by atoms with Crippen LogP contribution >= 0.6 is 27.5 Å². The number of carbonyl (C=O) groups is 2. The minimum absolute atomic E-state index is 0.00630. The molecule has 3 fully saturated rings. The fourth-order valence-corrected chi connectivity index (χ4v) is 11.2. The number of hydrogen-bond donors (Lipinski definition) is 2. The number of amides is 2. The van der Waals surface area contributed by atoms with Gasteiger partial charge in [0.2, 0.25) is 0 Å². The number of nitrogens with one attached hydrogen (secondary N) is 1. The number of halogens is 2. The molecule has 19 heteroatoms. The van der Waals surface area contributed by atoms with Crippen molar-refractivity contribution in [2.45, 2.75) is 130 Å². The number of hydrogen-bond acceptors (Lipinski definition) is 13. The van der Waals surface area contributed by atoms with Crippen molar-refractivity contribution in [3.63, 3.8) is 0 Å². The summed E-state index contributed by atoms with van der Waals surface area (Å²) in [7, 11) is 3.25. The highest BCUT2D eigenvalue weighted by atomic mass is 79.9. The van der Waals surface area contributed by atoms with Crippen LogP contribution in [0.2, 0.25) is 5.02 Å². The quantitative estimate of drug-likeness (QED) is 0.0862. The van der Waals surface area contributed by atoms with Crippen LogP contribution in [0.25, 0.3) is 44.4 Å². The number of carbonyl (C=O) groups excluding carboxylic acids is 2. The predicted octanol–water partition coefficient (Wildman–Crippen LogP) is 12.9. The molecule has 6 heterocycles. The molecule has 0 aliphatic heterocycles. The molecular formula is C66H72BrClN8O9. The number of benzene rings is 3. The maximum atomic E-state index is 12.8. The molecule has 0 unspecified atom stereocenters. The summed E-state index contributed by atoms with van der Waals surface area (Å²) >= 11 is 9.56. The molecule has 3 saturated carbocycles. The van der Waals surface area contributed by atoms with E-state index in [0.717, 1.165) is 111 Å². The van der Waals surface area contributed by atoms with E-state index in [1.54, 1.807) is 55.6 Å². The summed E-state index contributed by atoms with van der Waals surface area (Å²) in [6, 6.07) is 32.2. The number of aromatic nitrogens is 6. The molecule has 12 rings (SSSR count). The normalized spacial score (nSPS) is 14.0. The molecule has 3 aliphatic rings. The molecule has 2 amide bonds. The van der Waals surface area contributed by atoms with E-state index >= 15 is 0 Å². The van der Waals surface area contributed by atoms with Crippen LogP contribution in [-0.2, 0) is 35.6 Å². The molecule has 85 heavy (non-hydrogen) atoms. The van der Waals surface area contributed by atoms with Gasteiger partial charge in [0.1, 0.15) is 16.8 Å². The third kappa shape index (κ3) is 16.4. The molecule has 0 saturated heterocycles. The van der Waals surface area contributed by atoms with Gasteiger partial charge in [0.25, 0.3) is 11.1 Å². The van der Waals surface area contributed by atoms with E-state index in [4.69, 9.17) is 40.7 Å². The van der Waals surface area contributed by atoms with Crippen molar-refractivity contribution in [3.8, 4) is 34.3 Å². The Balaban J connectivity index is 0.000000137. The van der Waals surface area contributed by atoms with Crippen LogP contribution in [0.1, 0.15) is 107 Å². The van der Waals surface area contributed by atoms with Crippen LogP contribution in [0.3, 0.4) is 0 Å². The van der Waals surface area contributed by atoms with Gasteiger partial charge in [-0.15, -0.1) is 0 Å². The van der Waals surface area contributed by atoms with E-state index in [-0.39, 0.29) is 29.9 Å². The molecule has 0 spiro atoms. The van der Waals surface area contributed by atoms with Gasteiger partial charge in [-0.25, -0.2) is 15.0 Å². The number of nitrogens with two attached hydrogens (primary N) is 1. The van der Waals surface area contributed by atoms with Crippen molar-refractivity contribution in [2.75, 3.05) is 14.2 Å². The average molecular weight is 1240 g/mol. The monoisotopic (exact) mass is 1230 g/mol. The number of primary amides is 1. The van der Waals surface area contributed by atoms with Gasteiger partial charge >= 0.3 is 11.8 Å². The van der Waals surface area contributed by atoms with Gasteiger partial charge in [-0.3, -0.25) is 33.3 Å². The lowest BCUT2D eigenvalue weighted by Gasteiger charge is -2.17. The number of nitrogens with zero attached hydrogens (tertiary/aromatic N) is 6. The Hall–Kier alpha value is -8.09. The maximum Gasteiger partial charge on any atom is 0.309 e. The van der Waals surface area contributed by atoms with Crippen molar-refractivity contribution < 1.29 is 33.0 Å². The molecule has 0 atom stereocenters. The van der Waals surface area contributed by atoms with Gasteiger partial charge in [0.15, 0.2) is 34.5 Å². The average Bonchev–Trinajstić information content (AvgIpc) is 3.03. The highest BCUT2D eigenvalue weighted by molar-refractivity contribution is 9.10. The molecule has 3 N–H and O–H groups in total. The van der Waals surface area contributed by atoms with Gasteiger partial charge in [-0.1, -0.05) is 43.6 Å². The lowest BCUT2D eigenvalue weighted by Crippen LogP contribution is -2.35. The first-order chi connectivity index (χ1) is 41.1. The van der Waals surface area contributed by atoms with E-state index in [2.05, 4.69) is 55.0 Å². The first-order valence-electron chi connectivity index (χ1n) is 29.0. The summed E-state index contributed by atoms with van der Waals surface area (Å²) in [6.45, 7) is 7.90. The van der Waals surface area contributed by atoms with Crippen LogP contribution in [0.4, 0.5) is 0 Å². The molecular weight excluding hydrogens is 1160 g/mol. The van der Waals surface area contributed by atoms with Crippen molar-refractivity contribution >= 4 is 72.5 Å². The number of rotatable bonds is 16. The zero-order valence-corrected chi connectivity index (χ0v) is 51.0. The van der Waals surface area contributed by atoms with Crippen molar-refractivity contribution in [3.05, 3.63) is 175 Å². The number of methoxy groups -OCH3 is 2. The summed E-state index contributed by atoms with van der Waals surface area (Å²) in [5, 5.41) is 5.09. The topological polar surface area (TPSA) is 218 Å². The SMILES string of the molecule is COc1ccc(CNC(=O)C(N)=O)cc1OC1CCCC1.COc1ccc(Cc2nc3cc(Cl)cc(Br)c3o2)cc1OC1CCCC1.Cc1cc2cccnc2n(CCC(C)C)c1=O.O=c1c(-c2ccccn2)cc2cccnc2n1CC1CC1. The Morgan fingerprint density at radius 3 is 1.91 bits per heavy atom. The second-order valence-electron chi connectivity index (χ2n) is 22.0. The van der Waals surface area contributed by atoms with Crippen LogP contribution in [0.15, 0.2) is 140 Å². The predicted molar refractivity (Wildman–Crippen MR) is 334 cm³/mol. The Morgan fingerprint density at radius 1 is 0.718 bits per heavy atom. The summed E-state index contributed by atoms with van der Waals surface area (Å²) in [6.07, 6.45) is 18.8. The molecule has 0 radical (unpaired) electrons. The first-order valence-corrected chi connectivity index (χ1v) is 30.2. The Labute approximate surface area is 507 Å². The third-order valence-electron chi connectivity index (χ3n) is 15.0. The second kappa shape index (κ2) is 29.1. The summed E-state index contributed by atoms with van der Waals surface area (Å²) in [4.78, 5) is 64.4. The van der Waals surface area contributed by atoms with Crippen molar-refractivity contribution in [2.24, 2.45) is 17.6 Å². The Morgan fingerprint density at radius 2 is 1.32 bits per heavy atom. The highest BCUT2D eigenvalue weighted by Gasteiger charge is 2.25. The van der Waals surface area contributed by atoms with Gasteiger partial charge in [-0.05, 0) is 201 Å². The molecule has 3 aliphatic carbocycles. The molecule has 444 valence electrons. The summed E-state index contributed by atoms with van der Waals surface area (Å²) < 4.78 is 33.2. The zero-order valence-electron chi connectivity index (χ0n) is 48.7. The number of ether oxygens (including phenoxy) is 4. The number of fused-ring (bicyclic) bond motifs is 3. The van der Waals surface area contributed by atoms with Crippen molar-refractivity contribution in [1.29, 1.82) is 0 Å². The summed E-state index contributed by atoms with van der Waals surface area (Å²) in [5.41, 5.74) is 12.0. The fraction of sp³-hybridized carbons (Fsp3) is 0.364. The van der Waals surface area contributed by atoms with Crippen LogP contribution < -0.4 is 41.1 Å². The zero-order chi connectivity index (χ0) is 60.0. The van der Waals surface area contributed by atoms with Gasteiger partial charge in [0, 0.05) is 66.0 Å². The van der Waals surface area contributed by atoms with Crippen LogP contribution in [0, 0.1) is 18.8 Å². The van der Waals surface area contributed by atoms with Gasteiger partial charge in [0.05, 0.1) is 42.2 Å². The molecule has 0 bridgehead atoms. The molecule has 9 aromatic rings. The van der Waals surface area contributed by atoms with E-state index in [9.17, 15) is 19.2 Å². The standard InChI is InChI=1S/C20H19BrClNO3.C17H15N3O.C15H20N2O4.C14H18N2O/c1-24-17-7-6-12(8-18(17)25-14-4-2-3-5-14)9-19-23-16-11-13(22)10-15(21)20(16)26-19;21-17-14(15-5-1-2-8-18-15)10-13-4-3-9-19-16(13)20(17)11-12-6-7-12;1-20-12-7-6-10(9-17-15(19)14(16)18)8-13(12)21-11-4-2-3-5-11;1-10(2)6-8-16-13-12(5-4-7-15-13)9-11(3)14(16)17/h6-8,10-11,14H,2-5,9H2,1H3;1-5,8-10,12H,6-7,11H2;6-8,11H,2-5,9H2,1H3,(H2,16,18)(H,17,19);4-5,7,9-10H,6,8H2,1-3H3. The Bertz CT molecular complexity index is 3890. The van der Waals surface area contributed by atoms with E-state index in [1.165, 1.54) is 38.5 Å². The first kappa shape index (κ1) is 61.5. The highest BCUT2D eigenvalue weighted by Crippen LogP contribution is 2.36. The van der Waals surface area contributed by atoms with Gasteiger partial charge < -0.3 is 34.4 Å². The van der Waals surface area contributed by atoms with Crippen LogP contribution in [0.5, 0.6) is 23.0 Å². The lowest BCUT2D eigenvalue weighted by molar-refractivity contribution is -0.137. The van der Waals surface area contributed by atoms with E-state index in [1.807, 2.05) is 96.4 Å². The minimum Gasteiger partial charge on any atom is -0.493 e.